The van der Waals surface area contributed by atoms with Crippen molar-refractivity contribution in [3.8, 4) is 11.1 Å². The third-order valence-corrected chi connectivity index (χ3v) is 9.19. The van der Waals surface area contributed by atoms with Crippen LogP contribution in [0.2, 0.25) is 0 Å². The van der Waals surface area contributed by atoms with Crippen LogP contribution < -0.4 is 9.80 Å². The maximum atomic E-state index is 16.1. The normalized spacial score (nSPS) is 15.4. The summed E-state index contributed by atoms with van der Waals surface area (Å²) in [5.74, 6) is -5.46. The van der Waals surface area contributed by atoms with E-state index in [0.29, 0.717) is 11.6 Å². The fraction of sp³-hybridized carbons (Fsp3) is 0.324. The Morgan fingerprint density at radius 3 is 2.14 bits per heavy atom. The van der Waals surface area contributed by atoms with Crippen molar-refractivity contribution in [1.29, 1.82) is 0 Å². The van der Waals surface area contributed by atoms with E-state index in [1.807, 2.05) is 24.3 Å². The number of H-pyrrole nitrogens is 1. The lowest BCUT2D eigenvalue weighted by atomic mass is 9.84. The minimum atomic E-state index is -4.14. The van der Waals surface area contributed by atoms with Crippen LogP contribution in [-0.4, -0.2) is 66.4 Å². The summed E-state index contributed by atoms with van der Waals surface area (Å²) in [5.41, 5.74) is 0.842. The van der Waals surface area contributed by atoms with Gasteiger partial charge in [-0.05, 0) is 69.9 Å². The molecule has 0 amide bonds. The molecule has 1 atom stereocenters. The van der Waals surface area contributed by atoms with E-state index in [1.165, 1.54) is 12.3 Å². The van der Waals surface area contributed by atoms with Crippen LogP contribution >= 0.6 is 0 Å². The van der Waals surface area contributed by atoms with Crippen LogP contribution in [-0.2, 0) is 24.5 Å². The first-order valence-electron chi connectivity index (χ1n) is 16.6. The number of benzene rings is 3. The zero-order valence-corrected chi connectivity index (χ0v) is 28.4. The summed E-state index contributed by atoms with van der Waals surface area (Å²) in [6.45, 7) is 9.01. The van der Waals surface area contributed by atoms with Crippen molar-refractivity contribution < 1.29 is 22.7 Å². The second-order valence-electron chi connectivity index (χ2n) is 14.1. The molecule has 0 bridgehead atoms. The quantitative estimate of drug-likeness (QED) is 0.165. The number of aromatic nitrogens is 7. The van der Waals surface area contributed by atoms with E-state index in [1.54, 1.807) is 0 Å². The van der Waals surface area contributed by atoms with E-state index in [4.69, 9.17) is 4.98 Å². The largest absolute Gasteiger partial charge is 0.377 e. The molecule has 14 heteroatoms. The van der Waals surface area contributed by atoms with Gasteiger partial charge in [-0.1, -0.05) is 39.0 Å². The lowest BCUT2D eigenvalue weighted by molar-refractivity contribution is -0.207. The first-order valence-corrected chi connectivity index (χ1v) is 16.6. The van der Waals surface area contributed by atoms with E-state index >= 15 is 8.78 Å². The Kier molecular flexibility index (Phi) is 8.74. The summed E-state index contributed by atoms with van der Waals surface area (Å²) in [5, 5.41) is 21.8. The number of fused-ring (bicyclic) bond motifs is 1. The van der Waals surface area contributed by atoms with Gasteiger partial charge in [-0.25, -0.2) is 18.4 Å². The molecule has 0 aliphatic carbocycles. The smallest absolute Gasteiger partial charge is 0.323 e. The lowest BCUT2D eigenvalue weighted by Gasteiger charge is -2.37. The molecule has 1 aliphatic rings. The molecule has 4 heterocycles. The van der Waals surface area contributed by atoms with Gasteiger partial charge in [0, 0.05) is 67.4 Å². The number of nitrogens with zero attached hydrogens (tertiary/aromatic N) is 8. The molecule has 1 fully saturated rings. The Labute approximate surface area is 291 Å². The van der Waals surface area contributed by atoms with Crippen LogP contribution in [0.3, 0.4) is 0 Å². The molecule has 51 heavy (non-hydrogen) atoms. The Bertz CT molecular complexity index is 2120. The van der Waals surface area contributed by atoms with Gasteiger partial charge in [0.25, 0.3) is 0 Å². The third-order valence-electron chi connectivity index (χ3n) is 9.19. The third kappa shape index (κ3) is 6.87. The minimum absolute atomic E-state index is 0.146. The summed E-state index contributed by atoms with van der Waals surface area (Å²) in [7, 11) is 0. The summed E-state index contributed by atoms with van der Waals surface area (Å²) in [6, 6.07) is 18.7. The number of aromatic amines is 1. The topological polar surface area (TPSA) is 112 Å². The van der Waals surface area contributed by atoms with Gasteiger partial charge in [-0.15, -0.1) is 5.10 Å². The monoisotopic (exact) mass is 699 g/mol. The Morgan fingerprint density at radius 1 is 0.824 bits per heavy atom. The van der Waals surface area contributed by atoms with Crippen LogP contribution in [0, 0.1) is 17.0 Å². The number of rotatable bonds is 9. The highest BCUT2D eigenvalue weighted by Gasteiger charge is 2.58. The maximum absolute atomic E-state index is 16.1. The molecule has 7 rings (SSSR count). The molecule has 1 saturated heterocycles. The highest BCUT2D eigenvalue weighted by molar-refractivity contribution is 5.80. The van der Waals surface area contributed by atoms with Crippen molar-refractivity contribution >= 4 is 22.4 Å². The number of tetrazole rings is 1. The SMILES string of the molecule is CC(C)(C)Cc1nc2ccc(N3CCN(c4ccc(-c5ccc(C(F)(F)C(O)(Cn6cnnn6)c6ccc(F)cc6F)nc5)cc4)CC3)cc2[nH]1. The van der Waals surface area contributed by atoms with Crippen LogP contribution in [0.4, 0.5) is 28.9 Å². The molecule has 3 aromatic heterocycles. The summed E-state index contributed by atoms with van der Waals surface area (Å²) >= 11 is 0. The van der Waals surface area contributed by atoms with Gasteiger partial charge in [0.2, 0.25) is 0 Å². The number of alkyl halides is 2. The fourth-order valence-corrected chi connectivity index (χ4v) is 6.55. The van der Waals surface area contributed by atoms with Gasteiger partial charge in [0.15, 0.2) is 5.60 Å². The zero-order valence-electron chi connectivity index (χ0n) is 28.4. The standard InChI is InChI=1S/C37H37F4N9O/c1-35(2,3)20-34-44-31-12-10-28(19-32(31)45-34)49-16-14-48(15-17-49)27-8-4-24(5-9-27)25-6-13-33(42-21-25)37(40,41)36(51,22-50-23-43-46-47-50)29-11-7-26(38)18-30(29)39/h4-13,18-19,21,23,51H,14-17,20,22H2,1-3H3,(H,44,45). The highest BCUT2D eigenvalue weighted by atomic mass is 19.3. The Balaban J connectivity index is 1.03. The molecule has 0 spiro atoms. The predicted molar refractivity (Wildman–Crippen MR) is 185 cm³/mol. The molecule has 0 saturated carbocycles. The minimum Gasteiger partial charge on any atom is -0.377 e. The van der Waals surface area contributed by atoms with Crippen molar-refractivity contribution in [1.82, 2.24) is 35.2 Å². The average molecular weight is 700 g/mol. The van der Waals surface area contributed by atoms with Crippen molar-refractivity contribution in [2.24, 2.45) is 5.41 Å². The average Bonchev–Trinajstić information content (AvgIpc) is 3.76. The van der Waals surface area contributed by atoms with Crippen LogP contribution in [0.25, 0.3) is 22.2 Å². The number of hydrogen-bond donors (Lipinski definition) is 2. The Hall–Kier alpha value is -5.37. The van der Waals surface area contributed by atoms with Crippen molar-refractivity contribution in [2.45, 2.75) is 45.3 Å². The number of pyridine rings is 1. The molecular formula is C37H37F4N9O. The van der Waals surface area contributed by atoms with Crippen LogP contribution in [0.1, 0.15) is 37.9 Å². The number of imidazole rings is 1. The molecule has 1 aliphatic heterocycles. The van der Waals surface area contributed by atoms with E-state index < -0.39 is 41.0 Å². The van der Waals surface area contributed by atoms with Gasteiger partial charge in [0.1, 0.15) is 29.5 Å². The van der Waals surface area contributed by atoms with Crippen molar-refractivity contribution in [2.75, 3.05) is 36.0 Å². The number of piperazine rings is 1. The maximum Gasteiger partial charge on any atom is 0.323 e. The van der Waals surface area contributed by atoms with Crippen molar-refractivity contribution in [3.05, 3.63) is 114 Å². The van der Waals surface area contributed by atoms with Gasteiger partial charge in [-0.3, -0.25) is 4.98 Å². The molecule has 3 aromatic carbocycles. The van der Waals surface area contributed by atoms with E-state index in [-0.39, 0.29) is 5.41 Å². The van der Waals surface area contributed by atoms with Gasteiger partial charge in [0.05, 0.1) is 17.6 Å². The highest BCUT2D eigenvalue weighted by Crippen LogP contribution is 2.47. The number of halogens is 4. The second-order valence-corrected chi connectivity index (χ2v) is 14.1. The molecule has 10 nitrogen and oxygen atoms in total. The van der Waals surface area contributed by atoms with Gasteiger partial charge in [-0.2, -0.15) is 8.78 Å². The van der Waals surface area contributed by atoms with Gasteiger partial charge >= 0.3 is 5.92 Å². The molecular weight excluding hydrogens is 662 g/mol. The summed E-state index contributed by atoms with van der Waals surface area (Å²) in [6.07, 6.45) is 3.16. The van der Waals surface area contributed by atoms with Crippen molar-refractivity contribution in [3.63, 3.8) is 0 Å². The zero-order chi connectivity index (χ0) is 36.0. The van der Waals surface area contributed by atoms with Crippen LogP contribution in [0.15, 0.2) is 85.3 Å². The number of nitrogens with one attached hydrogen (secondary N) is 1. The van der Waals surface area contributed by atoms with E-state index in [2.05, 4.69) is 74.3 Å². The van der Waals surface area contributed by atoms with Crippen LogP contribution in [0.5, 0.6) is 0 Å². The number of hydrogen-bond acceptors (Lipinski definition) is 8. The number of anilines is 2. The fourth-order valence-electron chi connectivity index (χ4n) is 6.55. The molecule has 1 unspecified atom stereocenters. The summed E-state index contributed by atoms with van der Waals surface area (Å²) in [4.78, 5) is 16.9. The Morgan fingerprint density at radius 2 is 1.51 bits per heavy atom. The molecule has 2 N–H and O–H groups in total. The second kappa shape index (κ2) is 13.1. The lowest BCUT2D eigenvalue weighted by Crippen LogP contribution is -2.48. The first-order chi connectivity index (χ1) is 24.3. The summed E-state index contributed by atoms with van der Waals surface area (Å²) < 4.78 is 61.6. The van der Waals surface area contributed by atoms with E-state index in [0.717, 1.165) is 95.6 Å². The predicted octanol–water partition coefficient (Wildman–Crippen LogP) is 6.48. The van der Waals surface area contributed by atoms with E-state index in [9.17, 15) is 13.9 Å². The van der Waals surface area contributed by atoms with Gasteiger partial charge < -0.3 is 19.9 Å². The number of aliphatic hydroxyl groups is 1. The molecule has 6 aromatic rings. The molecule has 264 valence electrons. The first kappa shape index (κ1) is 34.1. The molecule has 0 radical (unpaired) electrons.